The highest BCUT2D eigenvalue weighted by molar-refractivity contribution is 14.0. The Hall–Kier alpha value is -1.13. The van der Waals surface area contributed by atoms with E-state index in [1.165, 1.54) is 42.1 Å². The van der Waals surface area contributed by atoms with Crippen molar-refractivity contribution in [2.24, 2.45) is 18.0 Å². The quantitative estimate of drug-likeness (QED) is 0.311. The molecule has 3 rings (SSSR count). The minimum absolute atomic E-state index is 0. The number of piperidine rings is 1. The molecule has 1 atom stereocenters. The topological polar surface area (TPSA) is 57.5 Å². The maximum Gasteiger partial charge on any atom is 0.191 e. The van der Waals surface area contributed by atoms with Gasteiger partial charge in [-0.25, -0.2) is 4.99 Å². The molecular formula is C22H37IN6S. The van der Waals surface area contributed by atoms with Crippen LogP contribution in [0.1, 0.15) is 54.6 Å². The van der Waals surface area contributed by atoms with E-state index in [4.69, 9.17) is 4.99 Å². The van der Waals surface area contributed by atoms with E-state index in [-0.39, 0.29) is 24.0 Å². The Bertz CT molecular complexity index is 793. The molecule has 6 nitrogen and oxygen atoms in total. The predicted molar refractivity (Wildman–Crippen MR) is 138 cm³/mol. The van der Waals surface area contributed by atoms with Crippen molar-refractivity contribution in [2.75, 3.05) is 26.2 Å². The monoisotopic (exact) mass is 544 g/mol. The van der Waals surface area contributed by atoms with Crippen LogP contribution in [0.4, 0.5) is 0 Å². The van der Waals surface area contributed by atoms with Gasteiger partial charge < -0.3 is 10.6 Å². The molecule has 30 heavy (non-hydrogen) atoms. The maximum atomic E-state index is 4.86. The zero-order chi connectivity index (χ0) is 20.8. The van der Waals surface area contributed by atoms with Gasteiger partial charge in [0.2, 0.25) is 0 Å². The van der Waals surface area contributed by atoms with Gasteiger partial charge in [0.15, 0.2) is 5.96 Å². The van der Waals surface area contributed by atoms with Gasteiger partial charge in [0, 0.05) is 36.3 Å². The van der Waals surface area contributed by atoms with Crippen molar-refractivity contribution < 1.29 is 0 Å². The molecule has 8 heteroatoms. The van der Waals surface area contributed by atoms with E-state index in [9.17, 15) is 0 Å². The molecule has 2 aromatic rings. The number of nitrogens with zero attached hydrogens (tertiary/aromatic N) is 4. The van der Waals surface area contributed by atoms with Gasteiger partial charge >= 0.3 is 0 Å². The largest absolute Gasteiger partial charge is 0.357 e. The Morgan fingerprint density at radius 3 is 2.60 bits per heavy atom. The first-order valence-corrected chi connectivity index (χ1v) is 11.7. The SMILES string of the molecule is CCNC(=NCc1c(C)nn(C)c1C)NCC(c1cccs1)N1CCC(C)CC1.I. The summed E-state index contributed by atoms with van der Waals surface area (Å²) in [7, 11) is 1.99. The van der Waals surface area contributed by atoms with E-state index in [1.807, 2.05) is 23.1 Å². The van der Waals surface area contributed by atoms with Crippen LogP contribution in [-0.4, -0.2) is 46.8 Å². The molecule has 0 spiro atoms. The second kappa shape index (κ2) is 12.0. The average molecular weight is 545 g/mol. The Balaban J connectivity index is 0.00000320. The van der Waals surface area contributed by atoms with Crippen LogP contribution in [-0.2, 0) is 13.6 Å². The van der Waals surface area contributed by atoms with E-state index in [2.05, 4.69) is 65.8 Å². The third kappa shape index (κ3) is 6.43. The van der Waals surface area contributed by atoms with Crippen molar-refractivity contribution in [1.29, 1.82) is 0 Å². The molecule has 0 saturated carbocycles. The second-order valence-corrected chi connectivity index (χ2v) is 9.08. The second-order valence-electron chi connectivity index (χ2n) is 8.10. The fourth-order valence-electron chi connectivity index (χ4n) is 3.97. The van der Waals surface area contributed by atoms with Crippen LogP contribution in [0.2, 0.25) is 0 Å². The number of nitrogens with one attached hydrogen (secondary N) is 2. The normalized spacial score (nSPS) is 16.9. The number of hydrogen-bond donors (Lipinski definition) is 2. The Labute approximate surface area is 202 Å². The lowest BCUT2D eigenvalue weighted by Gasteiger charge is -2.36. The smallest absolute Gasteiger partial charge is 0.191 e. The Morgan fingerprint density at radius 1 is 1.30 bits per heavy atom. The standard InChI is InChI=1S/C22H36N6S.HI/c1-6-23-22(24-14-19-17(3)26-27(5)18(19)4)25-15-20(21-8-7-13-29-21)28-11-9-16(2)10-12-28;/h7-8,13,16,20H,6,9-12,14-15H2,1-5H3,(H2,23,24,25);1H. The fourth-order valence-corrected chi connectivity index (χ4v) is 4.83. The number of aliphatic imine (C=N–C) groups is 1. The number of halogens is 1. The van der Waals surface area contributed by atoms with Crippen molar-refractivity contribution in [3.05, 3.63) is 39.3 Å². The summed E-state index contributed by atoms with van der Waals surface area (Å²) in [5.41, 5.74) is 3.45. The molecule has 0 radical (unpaired) electrons. The molecule has 0 bridgehead atoms. The lowest BCUT2D eigenvalue weighted by Crippen LogP contribution is -2.45. The van der Waals surface area contributed by atoms with Crippen LogP contribution < -0.4 is 10.6 Å². The summed E-state index contributed by atoms with van der Waals surface area (Å²) in [6.45, 7) is 13.4. The summed E-state index contributed by atoms with van der Waals surface area (Å²) in [5.74, 6) is 1.72. The van der Waals surface area contributed by atoms with Crippen LogP contribution in [0.3, 0.4) is 0 Å². The van der Waals surface area contributed by atoms with Gasteiger partial charge in [0.1, 0.15) is 0 Å². The minimum Gasteiger partial charge on any atom is -0.357 e. The highest BCUT2D eigenvalue weighted by Gasteiger charge is 2.25. The van der Waals surface area contributed by atoms with Crippen molar-refractivity contribution in [1.82, 2.24) is 25.3 Å². The van der Waals surface area contributed by atoms with Gasteiger partial charge in [-0.2, -0.15) is 5.10 Å². The van der Waals surface area contributed by atoms with Gasteiger partial charge in [0.25, 0.3) is 0 Å². The minimum atomic E-state index is 0. The number of thiophene rings is 1. The lowest BCUT2D eigenvalue weighted by atomic mass is 9.97. The number of rotatable bonds is 7. The fraction of sp³-hybridized carbons (Fsp3) is 0.636. The molecule has 3 heterocycles. The highest BCUT2D eigenvalue weighted by Crippen LogP contribution is 2.29. The molecule has 1 saturated heterocycles. The van der Waals surface area contributed by atoms with Crippen LogP contribution in [0.25, 0.3) is 0 Å². The number of guanidine groups is 1. The molecule has 1 unspecified atom stereocenters. The van der Waals surface area contributed by atoms with Gasteiger partial charge in [-0.1, -0.05) is 13.0 Å². The summed E-state index contributed by atoms with van der Waals surface area (Å²) in [6, 6.07) is 4.82. The van der Waals surface area contributed by atoms with E-state index >= 15 is 0 Å². The van der Waals surface area contributed by atoms with E-state index < -0.39 is 0 Å². The zero-order valence-electron chi connectivity index (χ0n) is 18.9. The Kier molecular flexibility index (Phi) is 10.1. The van der Waals surface area contributed by atoms with Gasteiger partial charge in [0.05, 0.1) is 18.3 Å². The van der Waals surface area contributed by atoms with E-state index in [1.54, 1.807) is 0 Å². The summed E-state index contributed by atoms with van der Waals surface area (Å²) in [5, 5.41) is 13.7. The first-order valence-electron chi connectivity index (χ1n) is 10.8. The summed E-state index contributed by atoms with van der Waals surface area (Å²) >= 11 is 1.85. The molecule has 1 aliphatic rings. The number of hydrogen-bond acceptors (Lipinski definition) is 4. The van der Waals surface area contributed by atoms with Crippen LogP contribution >= 0.6 is 35.3 Å². The molecule has 1 aliphatic heterocycles. The molecule has 0 aliphatic carbocycles. The first kappa shape index (κ1) is 25.1. The van der Waals surface area contributed by atoms with Gasteiger partial charge in [-0.3, -0.25) is 9.58 Å². The first-order chi connectivity index (χ1) is 14.0. The van der Waals surface area contributed by atoms with Crippen molar-refractivity contribution in [3.63, 3.8) is 0 Å². The summed E-state index contributed by atoms with van der Waals surface area (Å²) in [4.78, 5) is 8.92. The van der Waals surface area contributed by atoms with Crippen molar-refractivity contribution >= 4 is 41.3 Å². The molecule has 168 valence electrons. The molecule has 2 N–H and O–H groups in total. The van der Waals surface area contributed by atoms with Crippen LogP contribution in [0, 0.1) is 19.8 Å². The maximum absolute atomic E-state index is 4.86. The third-order valence-corrected chi connectivity index (χ3v) is 6.97. The number of likely N-dealkylation sites (tertiary alicyclic amines) is 1. The van der Waals surface area contributed by atoms with Crippen LogP contribution in [0.15, 0.2) is 22.5 Å². The zero-order valence-corrected chi connectivity index (χ0v) is 22.1. The van der Waals surface area contributed by atoms with Crippen molar-refractivity contribution in [2.45, 2.75) is 53.1 Å². The lowest BCUT2D eigenvalue weighted by molar-refractivity contribution is 0.140. The van der Waals surface area contributed by atoms with Crippen molar-refractivity contribution in [3.8, 4) is 0 Å². The highest BCUT2D eigenvalue weighted by atomic mass is 127. The average Bonchev–Trinajstić information content (AvgIpc) is 3.31. The number of aryl methyl sites for hydroxylation is 2. The summed E-state index contributed by atoms with van der Waals surface area (Å²) < 4.78 is 1.94. The van der Waals surface area contributed by atoms with Gasteiger partial charge in [-0.15, -0.1) is 35.3 Å². The third-order valence-electron chi connectivity index (χ3n) is 5.99. The number of aromatic nitrogens is 2. The Morgan fingerprint density at radius 2 is 2.03 bits per heavy atom. The van der Waals surface area contributed by atoms with Crippen LogP contribution in [0.5, 0.6) is 0 Å². The molecule has 0 aromatic carbocycles. The molecular weight excluding hydrogens is 507 g/mol. The van der Waals surface area contributed by atoms with E-state index in [0.29, 0.717) is 12.6 Å². The molecule has 1 fully saturated rings. The van der Waals surface area contributed by atoms with E-state index in [0.717, 1.165) is 30.7 Å². The predicted octanol–water partition coefficient (Wildman–Crippen LogP) is 4.24. The van der Waals surface area contributed by atoms with Gasteiger partial charge in [-0.05, 0) is 64.1 Å². The molecule has 2 aromatic heterocycles. The molecule has 0 amide bonds. The summed E-state index contributed by atoms with van der Waals surface area (Å²) in [6.07, 6.45) is 2.57.